The number of rotatable bonds is 4. The normalized spacial score (nSPS) is 11.6. The zero-order valence-electron chi connectivity index (χ0n) is 10.4. The molecule has 7 heteroatoms. The van der Waals surface area contributed by atoms with Crippen LogP contribution in [-0.2, 0) is 0 Å². The molecule has 0 radical (unpaired) electrons. The first kappa shape index (κ1) is 14.5. The van der Waals surface area contributed by atoms with Gasteiger partial charge >= 0.3 is 6.18 Å². The van der Waals surface area contributed by atoms with Gasteiger partial charge in [-0.3, -0.25) is 0 Å². The molecule has 1 heterocycles. The summed E-state index contributed by atoms with van der Waals surface area (Å²) in [6.07, 6.45) is -5.16. The lowest BCUT2D eigenvalue weighted by molar-refractivity contribution is -0.131. The fourth-order valence-electron chi connectivity index (χ4n) is 1.76. The lowest BCUT2D eigenvalue weighted by Crippen LogP contribution is -2.18. The maximum absolute atomic E-state index is 12.2. The Morgan fingerprint density at radius 1 is 1.30 bits per heavy atom. The topological polar surface area (TPSA) is 50.9 Å². The van der Waals surface area contributed by atoms with Crippen LogP contribution in [0, 0.1) is 0 Å². The van der Waals surface area contributed by atoms with E-state index in [9.17, 15) is 13.2 Å². The van der Waals surface area contributed by atoms with Crippen molar-refractivity contribution in [2.24, 2.45) is 5.73 Å². The molecule has 0 fully saturated rings. The molecule has 0 unspecified atom stereocenters. The molecule has 0 aliphatic carbocycles. The van der Waals surface area contributed by atoms with Crippen molar-refractivity contribution in [1.82, 2.24) is 4.98 Å². The first-order chi connectivity index (χ1) is 9.37. The highest BCUT2D eigenvalue weighted by molar-refractivity contribution is 7.80. The van der Waals surface area contributed by atoms with Crippen LogP contribution in [0.25, 0.3) is 10.9 Å². The van der Waals surface area contributed by atoms with Crippen molar-refractivity contribution >= 4 is 33.9 Å². The van der Waals surface area contributed by atoms with Gasteiger partial charge in [-0.05, 0) is 12.1 Å². The predicted molar refractivity (Wildman–Crippen MR) is 76.8 cm³/mol. The Hall–Kier alpha value is -1.89. The van der Waals surface area contributed by atoms with Gasteiger partial charge < -0.3 is 11.1 Å². The van der Waals surface area contributed by atoms with E-state index in [2.05, 4.69) is 10.3 Å². The molecule has 20 heavy (non-hydrogen) atoms. The largest absolute Gasteiger partial charge is 0.390 e. The van der Waals surface area contributed by atoms with Gasteiger partial charge in [0, 0.05) is 11.9 Å². The number of benzene rings is 1. The molecule has 0 aliphatic heterocycles. The van der Waals surface area contributed by atoms with E-state index >= 15 is 0 Å². The molecule has 0 aliphatic rings. The van der Waals surface area contributed by atoms with Gasteiger partial charge in [0.15, 0.2) is 0 Å². The molecule has 0 saturated heterocycles. The molecule has 2 aromatic rings. The van der Waals surface area contributed by atoms with E-state index in [1.165, 1.54) is 0 Å². The second-order valence-electron chi connectivity index (χ2n) is 4.23. The van der Waals surface area contributed by atoms with E-state index in [-0.39, 0.29) is 17.4 Å². The van der Waals surface area contributed by atoms with Gasteiger partial charge in [0.25, 0.3) is 0 Å². The summed E-state index contributed by atoms with van der Waals surface area (Å²) in [4.78, 5) is 4.37. The highest BCUT2D eigenvalue weighted by Crippen LogP contribution is 2.22. The average molecular weight is 299 g/mol. The molecular weight excluding hydrogens is 287 g/mol. The van der Waals surface area contributed by atoms with Gasteiger partial charge in [0.05, 0.1) is 17.5 Å². The van der Waals surface area contributed by atoms with E-state index in [0.29, 0.717) is 11.1 Å². The van der Waals surface area contributed by atoms with E-state index in [0.717, 1.165) is 5.39 Å². The van der Waals surface area contributed by atoms with Crippen molar-refractivity contribution in [3.8, 4) is 0 Å². The number of hydrogen-bond acceptors (Lipinski definition) is 3. The fraction of sp³-hybridized carbons (Fsp3) is 0.231. The molecule has 106 valence electrons. The lowest BCUT2D eigenvalue weighted by Gasteiger charge is -2.12. The molecule has 3 N–H and O–H groups in total. The van der Waals surface area contributed by atoms with Gasteiger partial charge in [-0.15, -0.1) is 0 Å². The maximum Gasteiger partial charge on any atom is 0.390 e. The van der Waals surface area contributed by atoms with Crippen molar-refractivity contribution in [2.45, 2.75) is 12.6 Å². The number of hydrogen-bond donors (Lipinski definition) is 2. The van der Waals surface area contributed by atoms with E-state index in [1.54, 1.807) is 18.2 Å². The molecule has 0 saturated carbocycles. The summed E-state index contributed by atoms with van der Waals surface area (Å²) in [7, 11) is 0. The first-order valence-electron chi connectivity index (χ1n) is 5.87. The minimum Gasteiger partial charge on any atom is -0.389 e. The van der Waals surface area contributed by atoms with Gasteiger partial charge in [-0.2, -0.15) is 13.2 Å². The quantitative estimate of drug-likeness (QED) is 0.851. The Labute approximate surface area is 119 Å². The zero-order valence-corrected chi connectivity index (χ0v) is 11.2. The van der Waals surface area contributed by atoms with Crippen LogP contribution in [0.4, 0.5) is 19.0 Å². The molecular formula is C13H12F3N3S. The van der Waals surface area contributed by atoms with Crippen molar-refractivity contribution < 1.29 is 13.2 Å². The standard InChI is InChI=1S/C13H12F3N3S/c14-13(15,16)5-6-18-12-9(11(17)20)7-8-3-1-2-4-10(8)19-12/h1-4,7H,5-6H2,(H2,17,20)(H,18,19). The highest BCUT2D eigenvalue weighted by atomic mass is 32.1. The summed E-state index contributed by atoms with van der Waals surface area (Å²) in [5.41, 5.74) is 6.71. The minimum absolute atomic E-state index is 0.0951. The molecule has 0 atom stereocenters. The Morgan fingerprint density at radius 2 is 2.00 bits per heavy atom. The Bertz CT molecular complexity index is 640. The highest BCUT2D eigenvalue weighted by Gasteiger charge is 2.26. The predicted octanol–water partition coefficient (Wildman–Crippen LogP) is 3.23. The number of fused-ring (bicyclic) bond motifs is 1. The number of aromatic nitrogens is 1. The molecule has 0 amide bonds. The number of para-hydroxylation sites is 1. The number of thiocarbonyl (C=S) groups is 1. The van der Waals surface area contributed by atoms with E-state index in [4.69, 9.17) is 18.0 Å². The van der Waals surface area contributed by atoms with Crippen LogP contribution >= 0.6 is 12.2 Å². The third-order valence-corrected chi connectivity index (χ3v) is 2.91. The summed E-state index contributed by atoms with van der Waals surface area (Å²) in [6.45, 7) is -0.273. The van der Waals surface area contributed by atoms with Gasteiger partial charge in [0.2, 0.25) is 0 Å². The molecule has 1 aromatic heterocycles. The van der Waals surface area contributed by atoms with E-state index < -0.39 is 12.6 Å². The summed E-state index contributed by atoms with van der Waals surface area (Å²) in [6, 6.07) is 8.97. The third-order valence-electron chi connectivity index (χ3n) is 2.69. The van der Waals surface area contributed by atoms with Crippen molar-refractivity contribution in [3.05, 3.63) is 35.9 Å². The molecule has 1 aromatic carbocycles. The number of pyridine rings is 1. The average Bonchev–Trinajstić information content (AvgIpc) is 2.36. The number of alkyl halides is 3. The fourth-order valence-corrected chi connectivity index (χ4v) is 1.92. The van der Waals surface area contributed by atoms with Crippen molar-refractivity contribution in [3.63, 3.8) is 0 Å². The second kappa shape index (κ2) is 5.62. The third kappa shape index (κ3) is 3.57. The van der Waals surface area contributed by atoms with Crippen LogP contribution < -0.4 is 11.1 Å². The number of nitrogens with one attached hydrogen (secondary N) is 1. The number of anilines is 1. The summed E-state index contributed by atoms with van der Waals surface area (Å²) in [5.74, 6) is 0.278. The van der Waals surface area contributed by atoms with Gasteiger partial charge in [-0.1, -0.05) is 30.4 Å². The van der Waals surface area contributed by atoms with Crippen molar-refractivity contribution in [1.29, 1.82) is 0 Å². The number of nitrogens with zero attached hydrogens (tertiary/aromatic N) is 1. The van der Waals surface area contributed by atoms with Crippen molar-refractivity contribution in [2.75, 3.05) is 11.9 Å². The maximum atomic E-state index is 12.2. The molecule has 2 rings (SSSR count). The Morgan fingerprint density at radius 3 is 2.65 bits per heavy atom. The Kier molecular flexibility index (Phi) is 4.08. The lowest BCUT2D eigenvalue weighted by atomic mass is 10.1. The van der Waals surface area contributed by atoms with Crippen LogP contribution in [0.1, 0.15) is 12.0 Å². The summed E-state index contributed by atoms with van der Waals surface area (Å²) < 4.78 is 36.5. The summed E-state index contributed by atoms with van der Waals surface area (Å²) in [5, 5.41) is 3.47. The SMILES string of the molecule is NC(=S)c1cc2ccccc2nc1NCCC(F)(F)F. The summed E-state index contributed by atoms with van der Waals surface area (Å²) >= 11 is 4.91. The molecule has 0 bridgehead atoms. The van der Waals surface area contributed by atoms with Crippen LogP contribution in [-0.4, -0.2) is 22.7 Å². The Balaban J connectivity index is 2.30. The van der Waals surface area contributed by atoms with Gasteiger partial charge in [-0.25, -0.2) is 4.98 Å². The smallest absolute Gasteiger partial charge is 0.389 e. The van der Waals surface area contributed by atoms with Crippen LogP contribution in [0.15, 0.2) is 30.3 Å². The van der Waals surface area contributed by atoms with E-state index in [1.807, 2.05) is 12.1 Å². The van der Waals surface area contributed by atoms with Crippen LogP contribution in [0.3, 0.4) is 0 Å². The molecule has 0 spiro atoms. The van der Waals surface area contributed by atoms with Crippen LogP contribution in [0.2, 0.25) is 0 Å². The number of nitrogens with two attached hydrogens (primary N) is 1. The first-order valence-corrected chi connectivity index (χ1v) is 6.28. The van der Waals surface area contributed by atoms with Crippen LogP contribution in [0.5, 0.6) is 0 Å². The monoisotopic (exact) mass is 299 g/mol. The second-order valence-corrected chi connectivity index (χ2v) is 4.67. The zero-order chi connectivity index (χ0) is 14.8. The minimum atomic E-state index is -4.22. The number of halogens is 3. The van der Waals surface area contributed by atoms with Gasteiger partial charge in [0.1, 0.15) is 10.8 Å². The molecule has 3 nitrogen and oxygen atoms in total.